The molecule has 1 atom stereocenters. The Hall–Kier alpha value is -1.85. The van der Waals surface area contributed by atoms with Crippen LogP contribution >= 0.6 is 0 Å². The van der Waals surface area contributed by atoms with Gasteiger partial charge in [-0.25, -0.2) is 4.21 Å². The zero-order valence-electron chi connectivity index (χ0n) is 10.6. The molecule has 0 aliphatic heterocycles. The lowest BCUT2D eigenvalue weighted by molar-refractivity contribution is 0.402. The second kappa shape index (κ2) is 5.86. The fraction of sp³-hybridized carbons (Fsp3) is 0.143. The lowest BCUT2D eigenvalue weighted by Crippen LogP contribution is -1.95. The third-order valence-electron chi connectivity index (χ3n) is 2.77. The van der Waals surface area contributed by atoms with Crippen LogP contribution in [0.3, 0.4) is 0 Å². The van der Waals surface area contributed by atoms with E-state index in [4.69, 9.17) is 9.47 Å². The molecule has 2 aromatic rings. The first-order valence-electron chi connectivity index (χ1n) is 5.59. The summed E-state index contributed by atoms with van der Waals surface area (Å²) in [6.45, 7) is 0. The van der Waals surface area contributed by atoms with E-state index in [-0.39, 0.29) is 4.90 Å². The Bertz CT molecular complexity index is 610. The smallest absolute Gasteiger partial charge is 0.190 e. The molecule has 1 unspecified atom stereocenters. The van der Waals surface area contributed by atoms with Gasteiger partial charge in [0.2, 0.25) is 0 Å². The van der Waals surface area contributed by atoms with Gasteiger partial charge < -0.3 is 14.0 Å². The first kappa shape index (κ1) is 13.6. The summed E-state index contributed by atoms with van der Waals surface area (Å²) in [6.07, 6.45) is 0. The van der Waals surface area contributed by atoms with Gasteiger partial charge in [0.15, 0.2) is 11.1 Å². The first-order valence-corrected chi connectivity index (χ1v) is 6.70. The molecule has 0 spiro atoms. The van der Waals surface area contributed by atoms with Gasteiger partial charge in [0.1, 0.15) is 16.4 Å². The molecule has 2 rings (SSSR count). The van der Waals surface area contributed by atoms with Crippen molar-refractivity contribution in [1.82, 2.24) is 0 Å². The molecule has 5 heteroatoms. The minimum Gasteiger partial charge on any atom is -0.496 e. The summed E-state index contributed by atoms with van der Waals surface area (Å²) < 4.78 is 31.0. The van der Waals surface area contributed by atoms with Gasteiger partial charge in [-0.2, -0.15) is 0 Å². The number of ether oxygens (including phenoxy) is 2. The van der Waals surface area contributed by atoms with Gasteiger partial charge in [-0.15, -0.1) is 0 Å². The van der Waals surface area contributed by atoms with Gasteiger partial charge in [-0.3, -0.25) is 0 Å². The lowest BCUT2D eigenvalue weighted by atomic mass is 10.0. The van der Waals surface area contributed by atoms with Gasteiger partial charge >= 0.3 is 0 Å². The Labute approximate surface area is 114 Å². The number of methoxy groups -OCH3 is 2. The van der Waals surface area contributed by atoms with Crippen molar-refractivity contribution in [3.8, 4) is 22.6 Å². The van der Waals surface area contributed by atoms with Crippen LogP contribution in [0.25, 0.3) is 11.1 Å². The zero-order chi connectivity index (χ0) is 13.8. The summed E-state index contributed by atoms with van der Waals surface area (Å²) in [5, 5.41) is 0. The van der Waals surface area contributed by atoms with E-state index in [0.717, 1.165) is 11.1 Å². The van der Waals surface area contributed by atoms with E-state index in [1.807, 2.05) is 30.3 Å². The fourth-order valence-electron chi connectivity index (χ4n) is 1.86. The Morgan fingerprint density at radius 3 is 2.32 bits per heavy atom. The minimum absolute atomic E-state index is 0.242. The minimum atomic E-state index is -2.10. The SMILES string of the molecule is COc1ccccc1-c1ccc(OC)c(S(=O)O)c1. The van der Waals surface area contributed by atoms with Crippen LogP contribution in [0, 0.1) is 0 Å². The quantitative estimate of drug-likeness (QED) is 0.874. The third-order valence-corrected chi connectivity index (χ3v) is 3.47. The van der Waals surface area contributed by atoms with E-state index in [0.29, 0.717) is 11.5 Å². The third kappa shape index (κ3) is 2.77. The monoisotopic (exact) mass is 278 g/mol. The Morgan fingerprint density at radius 1 is 1.00 bits per heavy atom. The van der Waals surface area contributed by atoms with Crippen molar-refractivity contribution in [2.75, 3.05) is 14.2 Å². The maximum Gasteiger partial charge on any atom is 0.190 e. The molecule has 1 N–H and O–H groups in total. The largest absolute Gasteiger partial charge is 0.496 e. The molecule has 0 saturated carbocycles. The van der Waals surface area contributed by atoms with Crippen LogP contribution in [-0.2, 0) is 11.1 Å². The van der Waals surface area contributed by atoms with Crippen LogP contribution in [0.4, 0.5) is 0 Å². The predicted molar refractivity (Wildman–Crippen MR) is 74.0 cm³/mol. The van der Waals surface area contributed by atoms with Crippen molar-refractivity contribution < 1.29 is 18.2 Å². The summed E-state index contributed by atoms with van der Waals surface area (Å²) in [5.74, 6) is 1.10. The molecule has 0 aliphatic rings. The van der Waals surface area contributed by atoms with E-state index >= 15 is 0 Å². The Balaban J connectivity index is 2.57. The molecule has 19 heavy (non-hydrogen) atoms. The molecule has 0 fully saturated rings. The second-order valence-electron chi connectivity index (χ2n) is 3.82. The van der Waals surface area contributed by atoms with Crippen molar-refractivity contribution in [2.45, 2.75) is 4.90 Å². The molecule has 2 aromatic carbocycles. The molecule has 0 radical (unpaired) electrons. The molecule has 0 saturated heterocycles. The summed E-state index contributed by atoms with van der Waals surface area (Å²) in [4.78, 5) is 0.242. The Kier molecular flexibility index (Phi) is 4.19. The summed E-state index contributed by atoms with van der Waals surface area (Å²) in [7, 11) is 3.06. The highest BCUT2D eigenvalue weighted by Crippen LogP contribution is 2.33. The molecule has 100 valence electrons. The van der Waals surface area contributed by atoms with E-state index in [2.05, 4.69) is 0 Å². The highest BCUT2D eigenvalue weighted by atomic mass is 32.2. The molecular formula is C14H14O4S. The first-order chi connectivity index (χ1) is 9.17. The van der Waals surface area contributed by atoms with Crippen LogP contribution in [-0.4, -0.2) is 23.0 Å². The number of rotatable bonds is 4. The lowest BCUT2D eigenvalue weighted by Gasteiger charge is -2.11. The average Bonchev–Trinajstić information content (AvgIpc) is 2.46. The van der Waals surface area contributed by atoms with Crippen LogP contribution in [0.5, 0.6) is 11.5 Å². The predicted octanol–water partition coefficient (Wildman–Crippen LogP) is 2.95. The maximum absolute atomic E-state index is 11.3. The van der Waals surface area contributed by atoms with Gasteiger partial charge in [0, 0.05) is 5.56 Å². The highest BCUT2D eigenvalue weighted by Gasteiger charge is 2.12. The standard InChI is InChI=1S/C14H14O4S/c1-17-12-6-4-3-5-11(12)10-7-8-13(18-2)14(9-10)19(15)16/h3-9H,1-2H3,(H,15,16). The second-order valence-corrected chi connectivity index (χ2v) is 4.75. The van der Waals surface area contributed by atoms with Crippen LogP contribution in [0.15, 0.2) is 47.4 Å². The van der Waals surface area contributed by atoms with E-state index < -0.39 is 11.1 Å². The van der Waals surface area contributed by atoms with Crippen molar-refractivity contribution >= 4 is 11.1 Å². The van der Waals surface area contributed by atoms with E-state index in [1.165, 1.54) is 7.11 Å². The molecule has 0 amide bonds. The number of para-hydroxylation sites is 1. The molecule has 0 aromatic heterocycles. The summed E-state index contributed by atoms with van der Waals surface area (Å²) in [6, 6.07) is 12.6. The van der Waals surface area contributed by atoms with Crippen LogP contribution in [0.2, 0.25) is 0 Å². The van der Waals surface area contributed by atoms with Gasteiger partial charge in [-0.1, -0.05) is 24.3 Å². The van der Waals surface area contributed by atoms with Gasteiger partial charge in [0.25, 0.3) is 0 Å². The summed E-state index contributed by atoms with van der Waals surface area (Å²) >= 11 is -2.10. The number of hydrogen-bond acceptors (Lipinski definition) is 3. The zero-order valence-corrected chi connectivity index (χ0v) is 11.4. The molecular weight excluding hydrogens is 264 g/mol. The van der Waals surface area contributed by atoms with Crippen molar-refractivity contribution in [2.24, 2.45) is 0 Å². The number of hydrogen-bond donors (Lipinski definition) is 1. The number of benzene rings is 2. The Morgan fingerprint density at radius 2 is 1.68 bits per heavy atom. The van der Waals surface area contributed by atoms with Crippen LogP contribution < -0.4 is 9.47 Å². The van der Waals surface area contributed by atoms with Gasteiger partial charge in [0.05, 0.1) is 14.2 Å². The van der Waals surface area contributed by atoms with Gasteiger partial charge in [-0.05, 0) is 23.8 Å². The topological polar surface area (TPSA) is 55.8 Å². The highest BCUT2D eigenvalue weighted by molar-refractivity contribution is 7.79. The average molecular weight is 278 g/mol. The summed E-state index contributed by atoms with van der Waals surface area (Å²) in [5.41, 5.74) is 1.66. The van der Waals surface area contributed by atoms with Crippen molar-refractivity contribution in [3.05, 3.63) is 42.5 Å². The van der Waals surface area contributed by atoms with E-state index in [9.17, 15) is 8.76 Å². The van der Waals surface area contributed by atoms with E-state index in [1.54, 1.807) is 19.2 Å². The normalized spacial score (nSPS) is 11.9. The maximum atomic E-state index is 11.3. The molecule has 0 heterocycles. The van der Waals surface area contributed by atoms with Crippen molar-refractivity contribution in [3.63, 3.8) is 0 Å². The van der Waals surface area contributed by atoms with Crippen LogP contribution in [0.1, 0.15) is 0 Å². The fourth-order valence-corrected chi connectivity index (χ4v) is 2.42. The molecule has 0 aliphatic carbocycles. The van der Waals surface area contributed by atoms with Crippen molar-refractivity contribution in [1.29, 1.82) is 0 Å². The molecule has 0 bridgehead atoms. The molecule has 4 nitrogen and oxygen atoms in total.